The Kier molecular flexibility index (Phi) is 5.68. The average molecular weight is 442 g/mol. The van der Waals surface area contributed by atoms with Crippen LogP contribution in [0.3, 0.4) is 0 Å². The Balaban J connectivity index is 2.03. The van der Waals surface area contributed by atoms with E-state index in [0.717, 1.165) is 22.9 Å². The van der Waals surface area contributed by atoms with Gasteiger partial charge in [0, 0.05) is 11.8 Å². The van der Waals surface area contributed by atoms with Gasteiger partial charge in [-0.25, -0.2) is 4.68 Å². The maximum Gasteiger partial charge on any atom is 0.416 e. The molecule has 0 aliphatic carbocycles. The molecule has 0 unspecified atom stereocenters. The third kappa shape index (κ3) is 4.44. The van der Waals surface area contributed by atoms with Gasteiger partial charge in [-0.05, 0) is 37.3 Å². The number of hydrogen-bond donors (Lipinski definition) is 1. The quantitative estimate of drug-likeness (QED) is 0.613. The van der Waals surface area contributed by atoms with E-state index < -0.39 is 28.8 Å². The lowest BCUT2D eigenvalue weighted by Crippen LogP contribution is -2.27. The summed E-state index contributed by atoms with van der Waals surface area (Å²) in [7, 11) is 0. The minimum Gasteiger partial charge on any atom is -0.319 e. The van der Waals surface area contributed by atoms with Crippen LogP contribution in [0.25, 0.3) is 5.69 Å². The van der Waals surface area contributed by atoms with Crippen molar-refractivity contribution in [2.75, 3.05) is 5.32 Å². The summed E-state index contributed by atoms with van der Waals surface area (Å²) in [5.41, 5.74) is -1.62. The van der Waals surface area contributed by atoms with Crippen molar-refractivity contribution in [1.29, 1.82) is 0 Å². The molecule has 1 aromatic heterocycles. The number of halogens is 5. The van der Waals surface area contributed by atoms with Gasteiger partial charge in [0.15, 0.2) is 5.69 Å². The molecule has 0 atom stereocenters. The molecule has 3 aromatic rings. The van der Waals surface area contributed by atoms with E-state index in [1.807, 2.05) is 0 Å². The molecule has 0 saturated carbocycles. The number of aryl methyl sites for hydroxylation is 1. The number of nitrogens with one attached hydrogen (secondary N) is 1. The SMILES string of the molecule is Cc1cc(=O)c(C(=O)Nc2cccc(Cl)c2Cl)nn1-c1cccc(C(F)(F)F)c1. The fourth-order valence-corrected chi connectivity index (χ4v) is 2.91. The van der Waals surface area contributed by atoms with Crippen molar-refractivity contribution in [2.24, 2.45) is 0 Å². The smallest absolute Gasteiger partial charge is 0.319 e. The first-order valence-corrected chi connectivity index (χ1v) is 8.87. The summed E-state index contributed by atoms with van der Waals surface area (Å²) in [5, 5.41) is 6.67. The van der Waals surface area contributed by atoms with Gasteiger partial charge < -0.3 is 5.32 Å². The number of benzene rings is 2. The van der Waals surface area contributed by atoms with Gasteiger partial charge >= 0.3 is 6.18 Å². The van der Waals surface area contributed by atoms with Gasteiger partial charge in [-0.2, -0.15) is 18.3 Å². The fraction of sp³-hybridized carbons (Fsp3) is 0.105. The van der Waals surface area contributed by atoms with Crippen LogP contribution in [0.1, 0.15) is 21.7 Å². The molecule has 29 heavy (non-hydrogen) atoms. The highest BCUT2D eigenvalue weighted by molar-refractivity contribution is 6.44. The van der Waals surface area contributed by atoms with Crippen LogP contribution < -0.4 is 10.7 Å². The highest BCUT2D eigenvalue weighted by Crippen LogP contribution is 2.31. The Bertz CT molecular complexity index is 1160. The summed E-state index contributed by atoms with van der Waals surface area (Å²) in [5.74, 6) is -0.875. The molecule has 0 fully saturated rings. The van der Waals surface area contributed by atoms with Crippen LogP contribution in [-0.4, -0.2) is 15.7 Å². The number of hydrogen-bond acceptors (Lipinski definition) is 3. The predicted octanol–water partition coefficient (Wildman–Crippen LogP) is 5.12. The lowest BCUT2D eigenvalue weighted by Gasteiger charge is -2.14. The monoisotopic (exact) mass is 441 g/mol. The van der Waals surface area contributed by atoms with Crippen LogP contribution in [0.15, 0.2) is 53.3 Å². The van der Waals surface area contributed by atoms with Crippen molar-refractivity contribution in [3.63, 3.8) is 0 Å². The van der Waals surface area contributed by atoms with Crippen molar-refractivity contribution in [2.45, 2.75) is 13.1 Å². The van der Waals surface area contributed by atoms with Gasteiger partial charge in [0.25, 0.3) is 5.91 Å². The zero-order chi connectivity index (χ0) is 21.3. The van der Waals surface area contributed by atoms with E-state index in [1.54, 1.807) is 6.07 Å². The topological polar surface area (TPSA) is 64.0 Å². The van der Waals surface area contributed by atoms with E-state index in [0.29, 0.717) is 0 Å². The minimum absolute atomic E-state index is 0.0483. The number of aromatic nitrogens is 2. The van der Waals surface area contributed by atoms with E-state index in [4.69, 9.17) is 23.2 Å². The summed E-state index contributed by atoms with van der Waals surface area (Å²) in [4.78, 5) is 24.8. The van der Waals surface area contributed by atoms with Gasteiger partial charge in [-0.3, -0.25) is 9.59 Å². The van der Waals surface area contributed by atoms with Crippen LogP contribution in [0.4, 0.5) is 18.9 Å². The van der Waals surface area contributed by atoms with E-state index in [9.17, 15) is 22.8 Å². The molecule has 0 aliphatic rings. The molecule has 1 N–H and O–H groups in total. The third-order valence-corrected chi connectivity index (χ3v) is 4.76. The zero-order valence-corrected chi connectivity index (χ0v) is 16.2. The number of nitrogens with zero attached hydrogens (tertiary/aromatic N) is 2. The molecular formula is C19H12Cl2F3N3O2. The molecule has 0 radical (unpaired) electrons. The second-order valence-corrected chi connectivity index (χ2v) is 6.80. The highest BCUT2D eigenvalue weighted by atomic mass is 35.5. The van der Waals surface area contributed by atoms with Crippen LogP contribution in [0, 0.1) is 6.92 Å². The first-order valence-electron chi connectivity index (χ1n) is 8.12. The predicted molar refractivity (Wildman–Crippen MR) is 104 cm³/mol. The van der Waals surface area contributed by atoms with Gasteiger partial charge in [0.2, 0.25) is 5.43 Å². The highest BCUT2D eigenvalue weighted by Gasteiger charge is 2.30. The van der Waals surface area contributed by atoms with Crippen molar-refractivity contribution in [3.05, 3.63) is 85.8 Å². The molecule has 3 rings (SSSR count). The largest absolute Gasteiger partial charge is 0.416 e. The lowest BCUT2D eigenvalue weighted by atomic mass is 10.2. The normalized spacial score (nSPS) is 11.4. The molecule has 5 nitrogen and oxygen atoms in total. The van der Waals surface area contributed by atoms with Crippen LogP contribution in [-0.2, 0) is 6.18 Å². The number of anilines is 1. The maximum atomic E-state index is 13.0. The first kappa shape index (κ1) is 20.9. The minimum atomic E-state index is -4.55. The number of rotatable bonds is 3. The van der Waals surface area contributed by atoms with Crippen LogP contribution >= 0.6 is 23.2 Å². The summed E-state index contributed by atoms with van der Waals surface area (Å²) < 4.78 is 40.1. The second kappa shape index (κ2) is 7.88. The molecule has 0 saturated heterocycles. The summed E-state index contributed by atoms with van der Waals surface area (Å²) in [6.07, 6.45) is -4.55. The van der Waals surface area contributed by atoms with Crippen LogP contribution in [0.2, 0.25) is 10.0 Å². The van der Waals surface area contributed by atoms with Crippen molar-refractivity contribution in [3.8, 4) is 5.69 Å². The molecule has 2 aromatic carbocycles. The van der Waals surface area contributed by atoms with Crippen molar-refractivity contribution >= 4 is 34.8 Å². The molecule has 1 amide bonds. The zero-order valence-electron chi connectivity index (χ0n) is 14.7. The number of amides is 1. The third-order valence-electron chi connectivity index (χ3n) is 3.94. The maximum absolute atomic E-state index is 13.0. The number of carbonyl (C=O) groups excluding carboxylic acids is 1. The van der Waals surface area contributed by atoms with Gasteiger partial charge in [-0.15, -0.1) is 0 Å². The molecular weight excluding hydrogens is 430 g/mol. The average Bonchev–Trinajstić information content (AvgIpc) is 2.65. The number of alkyl halides is 3. The fourth-order valence-electron chi connectivity index (χ4n) is 2.56. The summed E-state index contributed by atoms with van der Waals surface area (Å²) in [6, 6.07) is 10.0. The Hall–Kier alpha value is -2.84. The molecule has 0 spiro atoms. The number of carbonyl (C=O) groups is 1. The Labute approximate surface area is 172 Å². The Morgan fingerprint density at radius 3 is 2.48 bits per heavy atom. The molecule has 1 heterocycles. The van der Waals surface area contributed by atoms with Gasteiger partial charge in [0.05, 0.1) is 27.0 Å². The van der Waals surface area contributed by atoms with E-state index in [2.05, 4.69) is 10.4 Å². The van der Waals surface area contributed by atoms with E-state index >= 15 is 0 Å². The molecule has 0 bridgehead atoms. The van der Waals surface area contributed by atoms with Gasteiger partial charge in [-0.1, -0.05) is 35.3 Å². The summed E-state index contributed by atoms with van der Waals surface area (Å²) in [6.45, 7) is 1.49. The van der Waals surface area contributed by atoms with Crippen molar-refractivity contribution in [1.82, 2.24) is 9.78 Å². The second-order valence-electron chi connectivity index (χ2n) is 6.01. The van der Waals surface area contributed by atoms with E-state index in [1.165, 1.54) is 31.2 Å². The van der Waals surface area contributed by atoms with Gasteiger partial charge in [0.1, 0.15) is 0 Å². The molecule has 10 heteroatoms. The first-order chi connectivity index (χ1) is 13.6. The Morgan fingerprint density at radius 1 is 1.10 bits per heavy atom. The molecule has 0 aliphatic heterocycles. The molecule has 150 valence electrons. The standard InChI is InChI=1S/C19H12Cl2F3N3O2/c1-10-8-15(28)17(18(29)25-14-7-3-6-13(20)16(14)21)26-27(10)12-5-2-4-11(9-12)19(22,23)24/h2-9H,1H3,(H,25,29). The van der Waals surface area contributed by atoms with Crippen LogP contribution in [0.5, 0.6) is 0 Å². The van der Waals surface area contributed by atoms with Crippen molar-refractivity contribution < 1.29 is 18.0 Å². The Morgan fingerprint density at radius 2 is 1.79 bits per heavy atom. The van der Waals surface area contributed by atoms with E-state index in [-0.39, 0.29) is 27.1 Å². The lowest BCUT2D eigenvalue weighted by molar-refractivity contribution is -0.137. The summed E-state index contributed by atoms with van der Waals surface area (Å²) >= 11 is 11.9.